The van der Waals surface area contributed by atoms with Crippen LogP contribution in [0.15, 0.2) is 24.3 Å². The Morgan fingerprint density at radius 3 is 2.76 bits per heavy atom. The van der Waals surface area contributed by atoms with Gasteiger partial charge in [-0.2, -0.15) is 0 Å². The molecule has 0 aliphatic carbocycles. The number of carboxylic acids is 1. The lowest BCUT2D eigenvalue weighted by molar-refractivity contribution is -0.136. The van der Waals surface area contributed by atoms with Gasteiger partial charge in [0.15, 0.2) is 0 Å². The molecule has 0 saturated carbocycles. The Balaban J connectivity index is 1.85. The van der Waals surface area contributed by atoms with Gasteiger partial charge in [-0.1, -0.05) is 12.1 Å². The van der Waals surface area contributed by atoms with Gasteiger partial charge in [-0.15, -0.1) is 0 Å². The predicted octanol–water partition coefficient (Wildman–Crippen LogP) is 2.00. The number of hydrogen-bond acceptors (Lipinski definition) is 3. The molecule has 114 valence electrons. The fourth-order valence-corrected chi connectivity index (χ4v) is 2.25. The van der Waals surface area contributed by atoms with Crippen molar-refractivity contribution in [2.24, 2.45) is 0 Å². The second-order valence-electron chi connectivity index (χ2n) is 5.08. The van der Waals surface area contributed by atoms with E-state index in [4.69, 9.17) is 9.84 Å². The minimum atomic E-state index is -0.828. The van der Waals surface area contributed by atoms with Gasteiger partial charge in [-0.25, -0.2) is 4.79 Å². The molecule has 0 unspecified atom stereocenters. The summed E-state index contributed by atoms with van der Waals surface area (Å²) in [7, 11) is 0. The summed E-state index contributed by atoms with van der Waals surface area (Å²) in [6, 6.07) is 7.15. The fourth-order valence-electron chi connectivity index (χ4n) is 2.25. The van der Waals surface area contributed by atoms with Crippen LogP contribution in [0.2, 0.25) is 0 Å². The molecule has 2 rings (SSSR count). The maximum atomic E-state index is 11.9. The highest BCUT2D eigenvalue weighted by molar-refractivity contribution is 5.89. The molecule has 0 radical (unpaired) electrons. The van der Waals surface area contributed by atoms with E-state index in [0.29, 0.717) is 25.3 Å². The predicted molar refractivity (Wildman–Crippen MR) is 78.4 cm³/mol. The molecule has 1 aromatic rings. The second-order valence-corrected chi connectivity index (χ2v) is 5.08. The summed E-state index contributed by atoms with van der Waals surface area (Å²) in [5, 5.41) is 14.4. The number of nitrogens with one attached hydrogen (secondary N) is 2. The Kier molecular flexibility index (Phi) is 5.57. The van der Waals surface area contributed by atoms with Crippen LogP contribution >= 0.6 is 0 Å². The van der Waals surface area contributed by atoms with Gasteiger partial charge in [0.1, 0.15) is 0 Å². The van der Waals surface area contributed by atoms with Crippen LogP contribution in [0.4, 0.5) is 10.5 Å². The summed E-state index contributed by atoms with van der Waals surface area (Å²) in [5.74, 6) is -0.828. The molecule has 3 N–H and O–H groups in total. The number of rotatable bonds is 5. The first-order valence-corrected chi connectivity index (χ1v) is 7.09. The van der Waals surface area contributed by atoms with Crippen molar-refractivity contribution in [2.75, 3.05) is 18.5 Å². The van der Waals surface area contributed by atoms with Gasteiger partial charge in [0.25, 0.3) is 0 Å². The van der Waals surface area contributed by atoms with E-state index in [1.54, 1.807) is 18.2 Å². The van der Waals surface area contributed by atoms with E-state index >= 15 is 0 Å². The molecule has 6 nitrogen and oxygen atoms in total. The Labute approximate surface area is 123 Å². The Morgan fingerprint density at radius 2 is 2.05 bits per heavy atom. The smallest absolute Gasteiger partial charge is 0.319 e. The van der Waals surface area contributed by atoms with Crippen molar-refractivity contribution in [3.8, 4) is 0 Å². The maximum absolute atomic E-state index is 11.9. The topological polar surface area (TPSA) is 87.7 Å². The number of carbonyl (C=O) groups is 2. The number of hydrogen-bond donors (Lipinski definition) is 3. The van der Waals surface area contributed by atoms with E-state index in [0.717, 1.165) is 18.4 Å². The number of urea groups is 1. The summed E-state index contributed by atoms with van der Waals surface area (Å²) in [4.78, 5) is 22.5. The SMILES string of the molecule is O=C(O)CCc1cccc(NC(=O)NC2CCOCC2)c1. The average Bonchev–Trinajstić information content (AvgIpc) is 2.46. The minimum Gasteiger partial charge on any atom is -0.481 e. The lowest BCUT2D eigenvalue weighted by Gasteiger charge is -2.23. The van der Waals surface area contributed by atoms with Crippen molar-refractivity contribution in [2.45, 2.75) is 31.7 Å². The van der Waals surface area contributed by atoms with E-state index in [1.165, 1.54) is 0 Å². The van der Waals surface area contributed by atoms with Crippen molar-refractivity contribution >= 4 is 17.7 Å². The quantitative estimate of drug-likeness (QED) is 0.774. The molecule has 0 atom stereocenters. The lowest BCUT2D eigenvalue weighted by atomic mass is 10.1. The maximum Gasteiger partial charge on any atom is 0.319 e. The normalized spacial score (nSPS) is 15.4. The summed E-state index contributed by atoms with van der Waals surface area (Å²) in [5.41, 5.74) is 1.56. The van der Waals surface area contributed by atoms with Crippen molar-refractivity contribution in [3.63, 3.8) is 0 Å². The first kappa shape index (κ1) is 15.3. The number of aryl methyl sites for hydroxylation is 1. The van der Waals surface area contributed by atoms with Crippen LogP contribution in [-0.4, -0.2) is 36.4 Å². The third-order valence-electron chi connectivity index (χ3n) is 3.37. The van der Waals surface area contributed by atoms with E-state index in [-0.39, 0.29) is 18.5 Å². The molecule has 0 bridgehead atoms. The van der Waals surface area contributed by atoms with E-state index in [9.17, 15) is 9.59 Å². The molecular formula is C15H20N2O4. The second kappa shape index (κ2) is 7.64. The summed E-state index contributed by atoms with van der Waals surface area (Å²) >= 11 is 0. The number of anilines is 1. The molecule has 1 aliphatic rings. The number of aliphatic carboxylic acids is 1. The molecule has 2 amide bonds. The highest BCUT2D eigenvalue weighted by atomic mass is 16.5. The Bertz CT molecular complexity index is 498. The molecule has 21 heavy (non-hydrogen) atoms. The molecule has 1 fully saturated rings. The number of carbonyl (C=O) groups excluding carboxylic acids is 1. The van der Waals surface area contributed by atoms with Crippen molar-refractivity contribution in [3.05, 3.63) is 29.8 Å². The molecule has 0 spiro atoms. The van der Waals surface area contributed by atoms with Crippen molar-refractivity contribution < 1.29 is 19.4 Å². The van der Waals surface area contributed by atoms with Gasteiger partial charge in [-0.3, -0.25) is 4.79 Å². The van der Waals surface area contributed by atoms with Crippen LogP contribution in [0.5, 0.6) is 0 Å². The molecule has 1 saturated heterocycles. The van der Waals surface area contributed by atoms with Crippen LogP contribution in [0.25, 0.3) is 0 Å². The third kappa shape index (κ3) is 5.43. The molecular weight excluding hydrogens is 272 g/mol. The molecule has 6 heteroatoms. The van der Waals surface area contributed by atoms with Crippen LogP contribution in [0.3, 0.4) is 0 Å². The first-order valence-electron chi connectivity index (χ1n) is 7.09. The van der Waals surface area contributed by atoms with Gasteiger partial charge in [0.2, 0.25) is 0 Å². The Morgan fingerprint density at radius 1 is 1.29 bits per heavy atom. The monoisotopic (exact) mass is 292 g/mol. The zero-order valence-corrected chi connectivity index (χ0v) is 11.8. The molecule has 1 aliphatic heterocycles. The Hall–Kier alpha value is -2.08. The van der Waals surface area contributed by atoms with E-state index in [2.05, 4.69) is 10.6 Å². The average molecular weight is 292 g/mol. The van der Waals surface area contributed by atoms with Gasteiger partial charge in [0.05, 0.1) is 0 Å². The first-order chi connectivity index (χ1) is 10.1. The van der Waals surface area contributed by atoms with E-state index < -0.39 is 5.97 Å². The highest BCUT2D eigenvalue weighted by Gasteiger charge is 2.15. The molecule has 0 aromatic heterocycles. The minimum absolute atomic E-state index is 0.0811. The van der Waals surface area contributed by atoms with Gasteiger partial charge in [0, 0.05) is 31.4 Å². The standard InChI is InChI=1S/C15H20N2O4/c18-14(19)5-4-11-2-1-3-13(10-11)17-15(20)16-12-6-8-21-9-7-12/h1-3,10,12H,4-9H2,(H,18,19)(H2,16,17,20). The zero-order valence-electron chi connectivity index (χ0n) is 11.8. The van der Waals surface area contributed by atoms with Crippen molar-refractivity contribution in [1.82, 2.24) is 5.32 Å². The van der Waals surface area contributed by atoms with Gasteiger partial charge >= 0.3 is 12.0 Å². The molecule has 1 aromatic carbocycles. The summed E-state index contributed by atoms with van der Waals surface area (Å²) in [6.07, 6.45) is 2.18. The highest BCUT2D eigenvalue weighted by Crippen LogP contribution is 2.13. The number of carboxylic acid groups (broad SMARTS) is 1. The largest absolute Gasteiger partial charge is 0.481 e. The number of amides is 2. The van der Waals surface area contributed by atoms with Crippen molar-refractivity contribution in [1.29, 1.82) is 0 Å². The van der Waals surface area contributed by atoms with Crippen LogP contribution in [-0.2, 0) is 16.0 Å². The molecule has 1 heterocycles. The van der Waals surface area contributed by atoms with Crippen LogP contribution in [0.1, 0.15) is 24.8 Å². The zero-order chi connectivity index (χ0) is 15.1. The van der Waals surface area contributed by atoms with Gasteiger partial charge < -0.3 is 20.5 Å². The number of benzene rings is 1. The van der Waals surface area contributed by atoms with E-state index in [1.807, 2.05) is 6.07 Å². The van der Waals surface area contributed by atoms with Crippen LogP contribution < -0.4 is 10.6 Å². The summed E-state index contributed by atoms with van der Waals surface area (Å²) < 4.78 is 5.24. The third-order valence-corrected chi connectivity index (χ3v) is 3.37. The number of ether oxygens (including phenoxy) is 1. The lowest BCUT2D eigenvalue weighted by Crippen LogP contribution is -2.41. The summed E-state index contributed by atoms with van der Waals surface area (Å²) in [6.45, 7) is 1.35. The van der Waals surface area contributed by atoms with Crippen LogP contribution in [0, 0.1) is 0 Å². The van der Waals surface area contributed by atoms with Gasteiger partial charge in [-0.05, 0) is 37.0 Å². The fraction of sp³-hybridized carbons (Fsp3) is 0.467.